The molecule has 4 aliphatic carbocycles. The summed E-state index contributed by atoms with van der Waals surface area (Å²) in [6, 6.07) is 15.2. The molecular formula is C62H78N2O12. The molecule has 408 valence electrons. The van der Waals surface area contributed by atoms with Crippen molar-refractivity contribution in [1.82, 2.24) is 5.32 Å². The Bertz CT molecular complexity index is 2750. The Morgan fingerprint density at radius 1 is 0.882 bits per heavy atom. The van der Waals surface area contributed by atoms with E-state index in [1.807, 2.05) is 42.5 Å². The van der Waals surface area contributed by atoms with Crippen LogP contribution in [0.5, 0.6) is 11.5 Å². The highest BCUT2D eigenvalue weighted by atomic mass is 16.6. The van der Waals surface area contributed by atoms with Crippen molar-refractivity contribution in [3.8, 4) is 23.3 Å². The minimum Gasteiger partial charge on any atom is -0.507 e. The first kappa shape index (κ1) is 54.3. The average molecular weight is 1040 g/mol. The fraction of sp³-hybridized carbons (Fsp3) is 0.597. The van der Waals surface area contributed by atoms with Gasteiger partial charge in [0.05, 0.1) is 31.2 Å². The molecule has 14 nitrogen and oxygen atoms in total. The van der Waals surface area contributed by atoms with Gasteiger partial charge in [-0.15, -0.1) is 0 Å². The molecule has 3 heterocycles. The highest BCUT2D eigenvalue weighted by molar-refractivity contribution is 5.89. The number of benzene rings is 3. The zero-order chi connectivity index (χ0) is 53.5. The standard InChI is InChI=1S/C62H78N2O12/c1-61(72,54(68)33-74-3)34-64-45-25-41(24-42(26-45)53(67)32-63-2)38-16-17-39-31-56(69)76-59-47(39)29-43(58(70)57(59)37-12-5-4-6-13-37)30-55-62(73)50-15-8-7-14-40(50)28-48-49(52(66)19-18-51(48)62)22-36-11-9-10-35(20-36)21-46(65)27-44(23-38)60(71)75-55/h9-11,20,24-27,29,37-40,46,48-51,53-55,63-65,67-68,70,72-73H,4-8,12-15,18-19,21-23,28,30-34H2,1-3H3. The second kappa shape index (κ2) is 22.7. The van der Waals surface area contributed by atoms with Crippen molar-refractivity contribution in [3.05, 3.63) is 99.1 Å². The Morgan fingerprint density at radius 3 is 2.41 bits per heavy atom. The number of phenolic OH excluding ortho intramolecular Hbond substituents is 1. The number of rotatable bonds is 11. The number of hydrogen-bond acceptors (Lipinski definition) is 14. The highest BCUT2D eigenvalue weighted by Crippen LogP contribution is 2.59. The van der Waals surface area contributed by atoms with Crippen LogP contribution in [0.2, 0.25) is 0 Å². The van der Waals surface area contributed by atoms with Crippen LogP contribution in [0.1, 0.15) is 160 Å². The molecule has 14 heteroatoms. The summed E-state index contributed by atoms with van der Waals surface area (Å²) in [7, 11) is 3.16. The maximum atomic E-state index is 15.8. The van der Waals surface area contributed by atoms with Gasteiger partial charge in [0.1, 0.15) is 40.7 Å². The van der Waals surface area contributed by atoms with Crippen LogP contribution in [-0.4, -0.2) is 112 Å². The average Bonchev–Trinajstić information content (AvgIpc) is 3.54. The number of hydrogen-bond donors (Lipinski definition) is 8. The molecule has 7 aliphatic rings. The summed E-state index contributed by atoms with van der Waals surface area (Å²) >= 11 is 0. The third-order valence-corrected chi connectivity index (χ3v) is 18.6. The van der Waals surface area contributed by atoms with Crippen LogP contribution in [0.4, 0.5) is 5.69 Å². The number of esters is 2. The van der Waals surface area contributed by atoms with E-state index in [2.05, 4.69) is 22.5 Å². The summed E-state index contributed by atoms with van der Waals surface area (Å²) in [5, 5.41) is 79.3. The first-order valence-electron chi connectivity index (χ1n) is 28.2. The Hall–Kier alpha value is -5.11. The third-order valence-electron chi connectivity index (χ3n) is 18.6. The number of Topliss-reactive ketones (excluding diaryl/α,β-unsaturated/α-hetero) is 1. The molecule has 4 fully saturated rings. The number of fused-ring (bicyclic) bond motifs is 9. The van der Waals surface area contributed by atoms with Crippen LogP contribution in [0.3, 0.4) is 0 Å². The quantitative estimate of drug-likeness (QED) is 0.0544. The molecule has 76 heavy (non-hydrogen) atoms. The molecule has 13 unspecified atom stereocenters. The van der Waals surface area contributed by atoms with Gasteiger partial charge in [-0.1, -0.05) is 80.7 Å². The number of ether oxygens (including phenoxy) is 3. The Morgan fingerprint density at radius 2 is 1.63 bits per heavy atom. The van der Waals surface area contributed by atoms with E-state index in [1.54, 1.807) is 13.1 Å². The molecule has 0 amide bonds. The van der Waals surface area contributed by atoms with Crippen molar-refractivity contribution in [3.63, 3.8) is 0 Å². The third kappa shape index (κ3) is 11.0. The van der Waals surface area contributed by atoms with Gasteiger partial charge in [-0.3, -0.25) is 9.59 Å². The van der Waals surface area contributed by atoms with Gasteiger partial charge in [0.15, 0.2) is 0 Å². The normalized spacial score (nSPS) is 31.3. The van der Waals surface area contributed by atoms with E-state index in [-0.39, 0.29) is 98.5 Å². The van der Waals surface area contributed by atoms with Crippen LogP contribution in [0, 0.1) is 41.4 Å². The lowest BCUT2D eigenvalue weighted by Gasteiger charge is -2.59. The molecule has 3 aromatic rings. The molecule has 8 N–H and O–H groups in total. The van der Waals surface area contributed by atoms with E-state index in [4.69, 9.17) is 14.2 Å². The zero-order valence-corrected chi connectivity index (χ0v) is 44.4. The zero-order valence-electron chi connectivity index (χ0n) is 44.4. The summed E-state index contributed by atoms with van der Waals surface area (Å²) in [6.07, 6.45) is 6.72. The number of nitrogens with one attached hydrogen (secondary N) is 2. The predicted molar refractivity (Wildman–Crippen MR) is 286 cm³/mol. The number of aliphatic hydroxyl groups is 5. The molecule has 13 atom stereocenters. The topological polar surface area (TPSA) is 224 Å². The molecule has 0 radical (unpaired) electrons. The number of aliphatic hydroxyl groups excluding tert-OH is 3. The number of anilines is 1. The van der Waals surface area contributed by atoms with Gasteiger partial charge in [0, 0.05) is 73.7 Å². The number of aromatic hydroxyl groups is 1. The minimum atomic E-state index is -1.63. The summed E-state index contributed by atoms with van der Waals surface area (Å²) in [5.41, 5.74) is 1.87. The fourth-order valence-corrected chi connectivity index (χ4v) is 14.7. The maximum absolute atomic E-state index is 15.8. The first-order valence-corrected chi connectivity index (χ1v) is 28.2. The first-order chi connectivity index (χ1) is 36.5. The molecular weight excluding hydrogens is 965 g/mol. The van der Waals surface area contributed by atoms with Crippen molar-refractivity contribution in [2.75, 3.05) is 39.2 Å². The second-order valence-electron chi connectivity index (χ2n) is 23.7. The summed E-state index contributed by atoms with van der Waals surface area (Å²) in [4.78, 5) is 44.0. The molecule has 3 aromatic carbocycles. The van der Waals surface area contributed by atoms with Crippen molar-refractivity contribution in [1.29, 1.82) is 0 Å². The number of likely N-dealkylation sites (N-methyl/N-ethyl adjacent to an activating group) is 1. The van der Waals surface area contributed by atoms with Gasteiger partial charge in [0.2, 0.25) is 0 Å². The van der Waals surface area contributed by atoms with Crippen molar-refractivity contribution in [2.45, 2.75) is 169 Å². The van der Waals surface area contributed by atoms with E-state index in [0.29, 0.717) is 58.5 Å². The number of carbonyl (C=O) groups is 3. The Kier molecular flexibility index (Phi) is 16.2. The van der Waals surface area contributed by atoms with Gasteiger partial charge in [-0.25, -0.2) is 4.79 Å². The van der Waals surface area contributed by atoms with Gasteiger partial charge in [-0.2, -0.15) is 0 Å². The van der Waals surface area contributed by atoms with Crippen molar-refractivity contribution in [2.24, 2.45) is 29.6 Å². The fourth-order valence-electron chi connectivity index (χ4n) is 14.7. The van der Waals surface area contributed by atoms with Gasteiger partial charge >= 0.3 is 11.9 Å². The molecule has 0 aromatic heterocycles. The molecule has 10 bridgehead atoms. The van der Waals surface area contributed by atoms with Crippen molar-refractivity contribution < 1.29 is 59.2 Å². The SMILES string of the molecule is CNCC(O)c1cc(NCC(C)(O)C(O)COC)cc(C2C#CC3CC(=O)Oc4c3cc(c(O)c4C3CCCCC3)CC3OC(=O)C(=CC(O)Cc4cccc(c4)CC4C(=O)CCC5C4CC4CCCCC4C35O)C2)c1. The second-order valence-corrected chi connectivity index (χ2v) is 23.7. The summed E-state index contributed by atoms with van der Waals surface area (Å²) < 4.78 is 18.3. The predicted octanol–water partition coefficient (Wildman–Crippen LogP) is 7.14. The molecule has 3 aliphatic heterocycles. The monoisotopic (exact) mass is 1040 g/mol. The van der Waals surface area contributed by atoms with E-state index in [1.165, 1.54) is 20.1 Å². The van der Waals surface area contributed by atoms with Crippen LogP contribution in [0.15, 0.2) is 60.2 Å². The number of ketones is 1. The van der Waals surface area contributed by atoms with Crippen LogP contribution in [0.25, 0.3) is 0 Å². The number of methoxy groups -OCH3 is 1. The van der Waals surface area contributed by atoms with Crippen LogP contribution in [-0.2, 0) is 43.1 Å². The molecule has 10 rings (SSSR count). The molecule has 0 saturated heterocycles. The summed E-state index contributed by atoms with van der Waals surface area (Å²) in [6.45, 7) is 1.47. The maximum Gasteiger partial charge on any atom is 0.334 e. The molecule has 0 spiro atoms. The lowest BCUT2D eigenvalue weighted by atomic mass is 9.48. The largest absolute Gasteiger partial charge is 0.507 e. The Labute approximate surface area is 447 Å². The lowest BCUT2D eigenvalue weighted by Crippen LogP contribution is -2.65. The smallest absolute Gasteiger partial charge is 0.334 e. The van der Waals surface area contributed by atoms with Gasteiger partial charge < -0.3 is 55.5 Å². The number of phenols is 1. The van der Waals surface area contributed by atoms with E-state index in [0.717, 1.165) is 68.9 Å². The lowest BCUT2D eigenvalue weighted by molar-refractivity contribution is -0.228. The Balaban J connectivity index is 1.19. The van der Waals surface area contributed by atoms with Gasteiger partial charge in [-0.05, 0) is 141 Å². The highest BCUT2D eigenvalue weighted by Gasteiger charge is 2.62. The van der Waals surface area contributed by atoms with Gasteiger partial charge in [0.25, 0.3) is 0 Å². The van der Waals surface area contributed by atoms with Crippen LogP contribution < -0.4 is 15.4 Å². The van der Waals surface area contributed by atoms with E-state index >= 15 is 4.79 Å². The minimum absolute atomic E-state index is 0.0317. The number of carbonyl (C=O) groups excluding carboxylic acids is 3. The van der Waals surface area contributed by atoms with Crippen LogP contribution >= 0.6 is 0 Å². The molecule has 4 saturated carbocycles. The van der Waals surface area contributed by atoms with E-state index < -0.39 is 65.3 Å². The van der Waals surface area contributed by atoms with Crippen molar-refractivity contribution >= 4 is 23.4 Å². The summed E-state index contributed by atoms with van der Waals surface area (Å²) in [5.74, 6) is 3.34. The van der Waals surface area contributed by atoms with E-state index in [9.17, 15) is 40.2 Å².